The van der Waals surface area contributed by atoms with Crippen molar-refractivity contribution in [3.63, 3.8) is 0 Å². The van der Waals surface area contributed by atoms with Gasteiger partial charge in [-0.3, -0.25) is 4.79 Å². The highest BCUT2D eigenvalue weighted by Crippen LogP contribution is 2.22. The van der Waals surface area contributed by atoms with Gasteiger partial charge in [0, 0.05) is 19.5 Å². The smallest absolute Gasteiger partial charge is 0.217 e. The first-order valence-corrected chi connectivity index (χ1v) is 7.11. The van der Waals surface area contributed by atoms with Gasteiger partial charge in [0.1, 0.15) is 24.4 Å². The largest absolute Gasteiger partial charge is 0.394 e. The number of aliphatic hydroxyl groups is 3. The van der Waals surface area contributed by atoms with Crippen LogP contribution in [-0.4, -0.2) is 77.7 Å². The number of hydrogen-bond donors (Lipinski definition) is 5. The summed E-state index contributed by atoms with van der Waals surface area (Å²) in [4.78, 5) is 11.2. The van der Waals surface area contributed by atoms with Gasteiger partial charge in [-0.1, -0.05) is 13.8 Å². The second kappa shape index (κ2) is 8.62. The highest BCUT2D eigenvalue weighted by Gasteiger charge is 2.45. The van der Waals surface area contributed by atoms with Crippen LogP contribution in [-0.2, 0) is 14.3 Å². The molecule has 124 valence electrons. The van der Waals surface area contributed by atoms with E-state index < -0.39 is 37.3 Å². The molecular formula is C13H26N2O6. The number of ether oxygens (including phenoxy) is 2. The van der Waals surface area contributed by atoms with Crippen molar-refractivity contribution >= 4 is 5.91 Å². The molecule has 1 aliphatic rings. The molecule has 1 heterocycles. The van der Waals surface area contributed by atoms with E-state index in [-0.39, 0.29) is 5.91 Å². The standard InChI is InChI=1S/C13H26N2O6/c1-7(2)14-4-5-20-13-10(15-8(3)17)12(19)11(18)9(6-16)21-13/h7,9-14,16,18-19H,4-6H2,1-3H3,(H,15,17). The first-order chi connectivity index (χ1) is 9.86. The monoisotopic (exact) mass is 306 g/mol. The highest BCUT2D eigenvalue weighted by molar-refractivity contribution is 5.73. The summed E-state index contributed by atoms with van der Waals surface area (Å²) in [5, 5.41) is 34.7. The lowest BCUT2D eigenvalue weighted by Gasteiger charge is -2.42. The van der Waals surface area contributed by atoms with Crippen LogP contribution in [0.15, 0.2) is 0 Å². The molecule has 5 atom stereocenters. The maximum atomic E-state index is 11.2. The van der Waals surface area contributed by atoms with Crippen LogP contribution in [0.4, 0.5) is 0 Å². The van der Waals surface area contributed by atoms with Crippen molar-refractivity contribution in [2.45, 2.75) is 57.5 Å². The van der Waals surface area contributed by atoms with E-state index in [9.17, 15) is 15.0 Å². The number of carbonyl (C=O) groups is 1. The third-order valence-corrected chi connectivity index (χ3v) is 3.19. The van der Waals surface area contributed by atoms with Crippen LogP contribution >= 0.6 is 0 Å². The fourth-order valence-electron chi connectivity index (χ4n) is 2.14. The average Bonchev–Trinajstić information content (AvgIpc) is 2.41. The van der Waals surface area contributed by atoms with Gasteiger partial charge in [-0.25, -0.2) is 0 Å². The quantitative estimate of drug-likeness (QED) is 0.343. The van der Waals surface area contributed by atoms with Gasteiger partial charge in [-0.05, 0) is 0 Å². The van der Waals surface area contributed by atoms with Gasteiger partial charge in [0.2, 0.25) is 5.91 Å². The summed E-state index contributed by atoms with van der Waals surface area (Å²) >= 11 is 0. The molecule has 0 aromatic heterocycles. The van der Waals surface area contributed by atoms with Crippen molar-refractivity contribution in [3.05, 3.63) is 0 Å². The molecule has 0 aliphatic carbocycles. The number of aliphatic hydroxyl groups excluding tert-OH is 3. The first-order valence-electron chi connectivity index (χ1n) is 7.11. The Balaban J connectivity index is 2.62. The zero-order valence-corrected chi connectivity index (χ0v) is 12.7. The number of amides is 1. The molecule has 1 amide bonds. The van der Waals surface area contributed by atoms with E-state index in [4.69, 9.17) is 14.6 Å². The van der Waals surface area contributed by atoms with Crippen molar-refractivity contribution in [2.24, 2.45) is 0 Å². The van der Waals surface area contributed by atoms with Crippen molar-refractivity contribution in [3.8, 4) is 0 Å². The summed E-state index contributed by atoms with van der Waals surface area (Å²) in [6.07, 6.45) is -4.45. The van der Waals surface area contributed by atoms with Crippen LogP contribution in [0.5, 0.6) is 0 Å². The van der Waals surface area contributed by atoms with E-state index in [0.717, 1.165) is 0 Å². The molecule has 8 heteroatoms. The van der Waals surface area contributed by atoms with Crippen LogP contribution in [0.1, 0.15) is 20.8 Å². The topological polar surface area (TPSA) is 120 Å². The van der Waals surface area contributed by atoms with Crippen LogP contribution in [0, 0.1) is 0 Å². The third kappa shape index (κ3) is 5.50. The van der Waals surface area contributed by atoms with Gasteiger partial charge in [-0.2, -0.15) is 0 Å². The molecule has 1 fully saturated rings. The van der Waals surface area contributed by atoms with Crippen molar-refractivity contribution < 1.29 is 29.6 Å². The summed E-state index contributed by atoms with van der Waals surface area (Å²) in [5.74, 6) is -0.369. The third-order valence-electron chi connectivity index (χ3n) is 3.19. The lowest BCUT2D eigenvalue weighted by molar-refractivity contribution is -0.269. The van der Waals surface area contributed by atoms with E-state index >= 15 is 0 Å². The van der Waals surface area contributed by atoms with Crippen molar-refractivity contribution in [1.82, 2.24) is 10.6 Å². The highest BCUT2D eigenvalue weighted by atomic mass is 16.7. The van der Waals surface area contributed by atoms with E-state index in [1.807, 2.05) is 13.8 Å². The minimum absolute atomic E-state index is 0.305. The van der Waals surface area contributed by atoms with E-state index in [1.54, 1.807) is 0 Å². The fraction of sp³-hybridized carbons (Fsp3) is 0.923. The van der Waals surface area contributed by atoms with Gasteiger partial charge < -0.3 is 35.4 Å². The molecule has 21 heavy (non-hydrogen) atoms. The average molecular weight is 306 g/mol. The van der Waals surface area contributed by atoms with Crippen molar-refractivity contribution in [2.75, 3.05) is 19.8 Å². The number of rotatable bonds is 7. The molecule has 0 radical (unpaired) electrons. The second-order valence-electron chi connectivity index (χ2n) is 5.41. The zero-order chi connectivity index (χ0) is 16.0. The Morgan fingerprint density at radius 3 is 2.52 bits per heavy atom. The molecule has 5 N–H and O–H groups in total. The summed E-state index contributed by atoms with van der Waals surface area (Å²) in [5.41, 5.74) is 0. The molecule has 1 saturated heterocycles. The lowest BCUT2D eigenvalue weighted by atomic mass is 9.97. The Bertz CT molecular complexity index is 328. The lowest BCUT2D eigenvalue weighted by Crippen LogP contribution is -2.64. The molecular weight excluding hydrogens is 280 g/mol. The predicted octanol–water partition coefficient (Wildman–Crippen LogP) is -2.06. The summed E-state index contributed by atoms with van der Waals surface area (Å²) < 4.78 is 10.9. The Morgan fingerprint density at radius 2 is 2.00 bits per heavy atom. The molecule has 0 saturated carbocycles. The van der Waals surface area contributed by atoms with E-state index in [0.29, 0.717) is 19.2 Å². The van der Waals surface area contributed by atoms with Crippen molar-refractivity contribution in [1.29, 1.82) is 0 Å². The van der Waals surface area contributed by atoms with Crippen LogP contribution in [0.25, 0.3) is 0 Å². The van der Waals surface area contributed by atoms with Gasteiger partial charge in [0.25, 0.3) is 0 Å². The van der Waals surface area contributed by atoms with Gasteiger partial charge in [-0.15, -0.1) is 0 Å². The molecule has 5 unspecified atom stereocenters. The molecule has 0 bridgehead atoms. The molecule has 0 aromatic rings. The van der Waals surface area contributed by atoms with Gasteiger partial charge >= 0.3 is 0 Å². The normalized spacial score (nSPS) is 33.2. The Kier molecular flexibility index (Phi) is 7.50. The molecule has 1 rings (SSSR count). The maximum Gasteiger partial charge on any atom is 0.217 e. The number of carbonyl (C=O) groups excluding carboxylic acids is 1. The van der Waals surface area contributed by atoms with Gasteiger partial charge in [0.15, 0.2) is 6.29 Å². The molecule has 0 aromatic carbocycles. The van der Waals surface area contributed by atoms with Crippen LogP contribution in [0.2, 0.25) is 0 Å². The Morgan fingerprint density at radius 1 is 1.33 bits per heavy atom. The predicted molar refractivity (Wildman–Crippen MR) is 74.5 cm³/mol. The molecule has 1 aliphatic heterocycles. The molecule has 8 nitrogen and oxygen atoms in total. The summed E-state index contributed by atoms with van der Waals surface area (Å²) in [7, 11) is 0. The van der Waals surface area contributed by atoms with E-state index in [1.165, 1.54) is 6.92 Å². The second-order valence-corrected chi connectivity index (χ2v) is 5.41. The Hall–Kier alpha value is -0.770. The zero-order valence-electron chi connectivity index (χ0n) is 12.7. The fourth-order valence-corrected chi connectivity index (χ4v) is 2.14. The summed E-state index contributed by atoms with van der Waals surface area (Å²) in [6, 6.07) is -0.580. The number of hydrogen-bond acceptors (Lipinski definition) is 7. The van der Waals surface area contributed by atoms with E-state index in [2.05, 4.69) is 10.6 Å². The maximum absolute atomic E-state index is 11.2. The van der Waals surface area contributed by atoms with Crippen LogP contribution < -0.4 is 10.6 Å². The SMILES string of the molecule is CC(=O)NC1C(OCCNC(C)C)OC(CO)C(O)C1O. The molecule has 0 spiro atoms. The number of nitrogens with one attached hydrogen (secondary N) is 2. The minimum Gasteiger partial charge on any atom is -0.394 e. The van der Waals surface area contributed by atoms with Gasteiger partial charge in [0.05, 0.1) is 13.2 Å². The van der Waals surface area contributed by atoms with Crippen LogP contribution in [0.3, 0.4) is 0 Å². The summed E-state index contributed by atoms with van der Waals surface area (Å²) in [6.45, 7) is 5.73. The first kappa shape index (κ1) is 18.3. The Labute approximate surface area is 124 Å². The minimum atomic E-state index is -1.29.